The molecule has 1 unspecified atom stereocenters. The van der Waals surface area contributed by atoms with E-state index in [2.05, 4.69) is 44.5 Å². The monoisotopic (exact) mass is 280 g/mol. The third-order valence-electron chi connectivity index (χ3n) is 5.24. The molecule has 0 amide bonds. The van der Waals surface area contributed by atoms with E-state index in [1.165, 1.54) is 50.8 Å². The van der Waals surface area contributed by atoms with Gasteiger partial charge in [-0.1, -0.05) is 39.8 Å². The van der Waals surface area contributed by atoms with Gasteiger partial charge in [-0.3, -0.25) is 4.90 Å². The van der Waals surface area contributed by atoms with E-state index < -0.39 is 0 Å². The zero-order chi connectivity index (χ0) is 15.0. The molecule has 0 radical (unpaired) electrons. The van der Waals surface area contributed by atoms with Gasteiger partial charge in [0.25, 0.3) is 0 Å². The van der Waals surface area contributed by atoms with Crippen molar-refractivity contribution in [3.05, 3.63) is 12.2 Å². The zero-order valence-corrected chi connectivity index (χ0v) is 14.3. The van der Waals surface area contributed by atoms with Crippen molar-refractivity contribution in [3.8, 4) is 0 Å². The highest BCUT2D eigenvalue weighted by Crippen LogP contribution is 2.34. The Morgan fingerprint density at radius 3 is 2.20 bits per heavy atom. The molecule has 1 aliphatic heterocycles. The summed E-state index contributed by atoms with van der Waals surface area (Å²) in [5.74, 6) is 0. The molecule has 0 aromatic heterocycles. The van der Waals surface area contributed by atoms with Crippen molar-refractivity contribution in [1.29, 1.82) is 0 Å². The Bertz CT molecular complexity index is 275. The molecule has 1 fully saturated rings. The van der Waals surface area contributed by atoms with Gasteiger partial charge in [0.15, 0.2) is 0 Å². The van der Waals surface area contributed by atoms with E-state index in [1.54, 1.807) is 0 Å². The van der Waals surface area contributed by atoms with Crippen LogP contribution in [-0.4, -0.2) is 36.1 Å². The molecule has 1 atom stereocenters. The van der Waals surface area contributed by atoms with Crippen LogP contribution in [0.4, 0.5) is 0 Å². The van der Waals surface area contributed by atoms with Gasteiger partial charge in [-0.15, -0.1) is 0 Å². The van der Waals surface area contributed by atoms with E-state index in [9.17, 15) is 0 Å². The van der Waals surface area contributed by atoms with E-state index in [4.69, 9.17) is 0 Å². The molecule has 0 bridgehead atoms. The summed E-state index contributed by atoms with van der Waals surface area (Å²) in [5, 5.41) is 3.85. The predicted octanol–water partition coefficient (Wildman–Crippen LogP) is 4.37. The molecule has 1 saturated heterocycles. The zero-order valence-electron chi connectivity index (χ0n) is 14.3. The van der Waals surface area contributed by atoms with Gasteiger partial charge in [-0.2, -0.15) is 0 Å². The van der Waals surface area contributed by atoms with Crippen molar-refractivity contribution in [2.24, 2.45) is 0 Å². The topological polar surface area (TPSA) is 15.3 Å². The smallest absolute Gasteiger partial charge is 0.0360 e. The summed E-state index contributed by atoms with van der Waals surface area (Å²) < 4.78 is 0. The minimum absolute atomic E-state index is 0.323. The molecule has 20 heavy (non-hydrogen) atoms. The second-order valence-electron chi connectivity index (χ2n) is 6.32. The summed E-state index contributed by atoms with van der Waals surface area (Å²) in [7, 11) is 0. The standard InChI is InChI=1S/C18H36N2/c1-6-12-19-17(15-16(5)7-2)18(8-3,9-4)20-13-10-11-14-20/h17,19H,5-15H2,1-4H3. The highest BCUT2D eigenvalue weighted by atomic mass is 15.2. The molecule has 1 aliphatic rings. The maximum Gasteiger partial charge on any atom is 0.0360 e. The van der Waals surface area contributed by atoms with Crippen LogP contribution in [0.1, 0.15) is 72.6 Å². The highest BCUT2D eigenvalue weighted by molar-refractivity contribution is 5.07. The average molecular weight is 280 g/mol. The third kappa shape index (κ3) is 4.08. The minimum Gasteiger partial charge on any atom is -0.312 e. The second-order valence-corrected chi connectivity index (χ2v) is 6.32. The lowest BCUT2D eigenvalue weighted by molar-refractivity contribution is 0.0618. The molecular weight excluding hydrogens is 244 g/mol. The Hall–Kier alpha value is -0.340. The fraction of sp³-hybridized carbons (Fsp3) is 0.889. The summed E-state index contributed by atoms with van der Waals surface area (Å²) in [6, 6.07) is 0.558. The van der Waals surface area contributed by atoms with Crippen LogP contribution in [0, 0.1) is 0 Å². The van der Waals surface area contributed by atoms with E-state index in [-0.39, 0.29) is 0 Å². The molecule has 2 heteroatoms. The van der Waals surface area contributed by atoms with Crippen LogP contribution < -0.4 is 5.32 Å². The first kappa shape index (κ1) is 17.7. The quantitative estimate of drug-likeness (QED) is 0.598. The van der Waals surface area contributed by atoms with Crippen molar-refractivity contribution < 1.29 is 0 Å². The van der Waals surface area contributed by atoms with Crippen molar-refractivity contribution in [3.63, 3.8) is 0 Å². The highest BCUT2D eigenvalue weighted by Gasteiger charge is 2.41. The minimum atomic E-state index is 0.323. The first-order chi connectivity index (χ1) is 9.64. The third-order valence-corrected chi connectivity index (χ3v) is 5.24. The Kier molecular flexibility index (Phi) is 7.83. The maximum atomic E-state index is 4.27. The van der Waals surface area contributed by atoms with Crippen molar-refractivity contribution in [2.75, 3.05) is 19.6 Å². The first-order valence-corrected chi connectivity index (χ1v) is 8.79. The van der Waals surface area contributed by atoms with Gasteiger partial charge in [0.05, 0.1) is 0 Å². The molecule has 2 nitrogen and oxygen atoms in total. The fourth-order valence-corrected chi connectivity index (χ4v) is 3.78. The molecular formula is C18H36N2. The SMILES string of the molecule is C=C(CC)CC(NCCC)C(CC)(CC)N1CCCC1. The number of nitrogens with one attached hydrogen (secondary N) is 1. The number of likely N-dealkylation sites (tertiary alicyclic amines) is 1. The van der Waals surface area contributed by atoms with Crippen molar-refractivity contribution in [2.45, 2.75) is 84.2 Å². The van der Waals surface area contributed by atoms with Crippen molar-refractivity contribution >= 4 is 0 Å². The fourth-order valence-electron chi connectivity index (χ4n) is 3.78. The number of hydrogen-bond donors (Lipinski definition) is 1. The van der Waals surface area contributed by atoms with E-state index in [0.29, 0.717) is 11.6 Å². The average Bonchev–Trinajstić information content (AvgIpc) is 3.00. The lowest BCUT2D eigenvalue weighted by Gasteiger charge is -2.47. The van der Waals surface area contributed by atoms with Crippen molar-refractivity contribution in [1.82, 2.24) is 10.2 Å². The van der Waals surface area contributed by atoms with Gasteiger partial charge >= 0.3 is 0 Å². The van der Waals surface area contributed by atoms with Crippen LogP contribution in [0.3, 0.4) is 0 Å². The van der Waals surface area contributed by atoms with Crippen LogP contribution >= 0.6 is 0 Å². The van der Waals surface area contributed by atoms with E-state index in [1.807, 2.05) is 0 Å². The summed E-state index contributed by atoms with van der Waals surface area (Å²) in [4.78, 5) is 2.77. The van der Waals surface area contributed by atoms with Gasteiger partial charge in [0.2, 0.25) is 0 Å². The number of rotatable bonds is 10. The van der Waals surface area contributed by atoms with Crippen LogP contribution in [0.2, 0.25) is 0 Å². The Labute approximate surface area is 127 Å². The van der Waals surface area contributed by atoms with Gasteiger partial charge in [-0.25, -0.2) is 0 Å². The molecule has 1 rings (SSSR count). The molecule has 0 aromatic carbocycles. The summed E-state index contributed by atoms with van der Waals surface area (Å²) in [5.41, 5.74) is 1.72. The molecule has 0 spiro atoms. The normalized spacial score (nSPS) is 18.4. The maximum absolute atomic E-state index is 4.27. The molecule has 0 saturated carbocycles. The van der Waals surface area contributed by atoms with Crippen LogP contribution in [0.5, 0.6) is 0 Å². The van der Waals surface area contributed by atoms with Gasteiger partial charge < -0.3 is 5.32 Å². The second kappa shape index (κ2) is 8.84. The van der Waals surface area contributed by atoms with Crippen LogP contribution in [0.15, 0.2) is 12.2 Å². The van der Waals surface area contributed by atoms with Crippen LogP contribution in [0.25, 0.3) is 0 Å². The molecule has 1 N–H and O–H groups in total. The Morgan fingerprint density at radius 1 is 1.15 bits per heavy atom. The van der Waals surface area contributed by atoms with E-state index >= 15 is 0 Å². The van der Waals surface area contributed by atoms with E-state index in [0.717, 1.165) is 19.4 Å². The Balaban J connectivity index is 2.91. The summed E-state index contributed by atoms with van der Waals surface area (Å²) in [6.07, 6.45) is 8.67. The molecule has 0 aromatic rings. The summed E-state index contributed by atoms with van der Waals surface area (Å²) >= 11 is 0. The van der Waals surface area contributed by atoms with Crippen LogP contribution in [-0.2, 0) is 0 Å². The van der Waals surface area contributed by atoms with Gasteiger partial charge in [-0.05, 0) is 64.6 Å². The predicted molar refractivity (Wildman–Crippen MR) is 90.2 cm³/mol. The number of hydrogen-bond acceptors (Lipinski definition) is 2. The Morgan fingerprint density at radius 2 is 1.75 bits per heavy atom. The lowest BCUT2D eigenvalue weighted by Crippen LogP contribution is -2.60. The lowest BCUT2D eigenvalue weighted by atomic mass is 9.79. The first-order valence-electron chi connectivity index (χ1n) is 8.79. The van der Waals surface area contributed by atoms with Gasteiger partial charge in [0.1, 0.15) is 0 Å². The summed E-state index contributed by atoms with van der Waals surface area (Å²) in [6.45, 7) is 17.2. The molecule has 0 aliphatic carbocycles. The molecule has 1 heterocycles. The number of nitrogens with zero attached hydrogens (tertiary/aromatic N) is 1. The van der Waals surface area contributed by atoms with Gasteiger partial charge in [0, 0.05) is 11.6 Å². The molecule has 118 valence electrons. The largest absolute Gasteiger partial charge is 0.312 e.